The van der Waals surface area contributed by atoms with Crippen molar-refractivity contribution >= 4 is 11.9 Å². The molecule has 0 aromatic carbocycles. The Bertz CT molecular complexity index is 420. The Hall–Kier alpha value is -1.10. The number of hydrogen-bond donors (Lipinski definition) is 2. The van der Waals surface area contributed by atoms with E-state index in [9.17, 15) is 14.7 Å². The molecule has 2 fully saturated rings. The Morgan fingerprint density at radius 3 is 2.52 bits per heavy atom. The van der Waals surface area contributed by atoms with E-state index in [2.05, 4.69) is 0 Å². The summed E-state index contributed by atoms with van der Waals surface area (Å²) in [6.07, 6.45) is 13.1. The molecule has 1 heterocycles. The predicted molar refractivity (Wildman–Crippen MR) is 97.3 cm³/mol. The minimum Gasteiger partial charge on any atom is -0.481 e. The highest BCUT2D eigenvalue weighted by molar-refractivity contribution is 5.78. The molecule has 2 aliphatic rings. The lowest BCUT2D eigenvalue weighted by atomic mass is 9.84. The van der Waals surface area contributed by atoms with Gasteiger partial charge in [-0.25, -0.2) is 0 Å². The third-order valence-electron chi connectivity index (χ3n) is 5.99. The van der Waals surface area contributed by atoms with Crippen LogP contribution in [0.2, 0.25) is 0 Å². The summed E-state index contributed by atoms with van der Waals surface area (Å²) in [5.41, 5.74) is 0. The van der Waals surface area contributed by atoms with E-state index in [4.69, 9.17) is 5.11 Å². The molecule has 0 aromatic rings. The van der Waals surface area contributed by atoms with E-state index in [1.54, 1.807) is 0 Å². The van der Waals surface area contributed by atoms with Crippen LogP contribution in [0.25, 0.3) is 0 Å². The molecule has 0 aromatic heterocycles. The molecule has 144 valence electrons. The van der Waals surface area contributed by atoms with E-state index in [0.717, 1.165) is 51.4 Å². The first-order valence-corrected chi connectivity index (χ1v) is 10.3. The van der Waals surface area contributed by atoms with Gasteiger partial charge in [0.25, 0.3) is 0 Å². The number of carbonyl (C=O) groups excluding carboxylic acids is 1. The predicted octanol–water partition coefficient (Wildman–Crippen LogP) is 3.73. The molecule has 25 heavy (non-hydrogen) atoms. The molecule has 2 N–H and O–H groups in total. The fourth-order valence-electron chi connectivity index (χ4n) is 4.44. The number of carbonyl (C=O) groups is 2. The van der Waals surface area contributed by atoms with E-state index >= 15 is 0 Å². The fourth-order valence-corrected chi connectivity index (χ4v) is 4.44. The second-order valence-corrected chi connectivity index (χ2v) is 7.88. The highest BCUT2D eigenvalue weighted by Gasteiger charge is 2.31. The van der Waals surface area contributed by atoms with Crippen LogP contribution in [0.4, 0.5) is 0 Å². The van der Waals surface area contributed by atoms with E-state index in [1.807, 2.05) is 4.90 Å². The minimum absolute atomic E-state index is 0.242. The van der Waals surface area contributed by atoms with Gasteiger partial charge in [0.1, 0.15) is 0 Å². The summed E-state index contributed by atoms with van der Waals surface area (Å²) in [7, 11) is 0. The van der Waals surface area contributed by atoms with Crippen molar-refractivity contribution in [2.75, 3.05) is 6.54 Å². The summed E-state index contributed by atoms with van der Waals surface area (Å²) in [6.45, 7) is 0.695. The molecule has 5 heteroatoms. The molecular weight excluding hydrogens is 318 g/mol. The molecule has 0 spiro atoms. The molecule has 1 saturated carbocycles. The third-order valence-corrected chi connectivity index (χ3v) is 5.99. The molecule has 5 nitrogen and oxygen atoms in total. The second-order valence-electron chi connectivity index (χ2n) is 7.88. The van der Waals surface area contributed by atoms with Gasteiger partial charge in [0, 0.05) is 25.4 Å². The van der Waals surface area contributed by atoms with Crippen LogP contribution in [0, 0.1) is 5.92 Å². The number of hydrogen-bond acceptors (Lipinski definition) is 3. The first-order chi connectivity index (χ1) is 12.1. The summed E-state index contributed by atoms with van der Waals surface area (Å²) >= 11 is 0. The number of aliphatic carboxylic acids is 1. The van der Waals surface area contributed by atoms with Crippen molar-refractivity contribution < 1.29 is 19.8 Å². The SMILES string of the molecule is O=C(O)CCCCCC[C@H]1CCC(=O)N1CC[C@@H](O)C1CCCCC1. The lowest BCUT2D eigenvalue weighted by Crippen LogP contribution is -2.36. The van der Waals surface area contributed by atoms with Crippen molar-refractivity contribution in [1.29, 1.82) is 0 Å². The maximum absolute atomic E-state index is 12.2. The summed E-state index contributed by atoms with van der Waals surface area (Å²) in [6, 6.07) is 0.325. The molecule has 1 saturated heterocycles. The van der Waals surface area contributed by atoms with Crippen molar-refractivity contribution in [3.05, 3.63) is 0 Å². The zero-order valence-corrected chi connectivity index (χ0v) is 15.5. The Balaban J connectivity index is 1.65. The van der Waals surface area contributed by atoms with Crippen LogP contribution in [-0.2, 0) is 9.59 Å². The van der Waals surface area contributed by atoms with Crippen LogP contribution >= 0.6 is 0 Å². The summed E-state index contributed by atoms with van der Waals surface area (Å²) < 4.78 is 0. The molecule has 2 rings (SSSR count). The second kappa shape index (κ2) is 10.8. The van der Waals surface area contributed by atoms with Crippen molar-refractivity contribution in [3.63, 3.8) is 0 Å². The van der Waals surface area contributed by atoms with Crippen LogP contribution in [0.3, 0.4) is 0 Å². The van der Waals surface area contributed by atoms with Crippen LogP contribution in [-0.4, -0.2) is 45.7 Å². The Morgan fingerprint density at radius 1 is 1.08 bits per heavy atom. The average molecular weight is 354 g/mol. The van der Waals surface area contributed by atoms with Gasteiger partial charge in [0.2, 0.25) is 5.91 Å². The standard InChI is InChI=1S/C20H35NO4/c22-18(16-8-4-3-5-9-16)14-15-21-17(12-13-19(21)23)10-6-1-2-7-11-20(24)25/h16-18,22H,1-15H2,(H,24,25)/t17-,18+/m0/s1. The van der Waals surface area contributed by atoms with Gasteiger partial charge in [0.05, 0.1) is 6.10 Å². The summed E-state index contributed by atoms with van der Waals surface area (Å²) in [5.74, 6) is -0.0463. The van der Waals surface area contributed by atoms with Crippen molar-refractivity contribution in [3.8, 4) is 0 Å². The molecule has 1 aliphatic heterocycles. The number of amides is 1. The normalized spacial score (nSPS) is 23.2. The fraction of sp³-hybridized carbons (Fsp3) is 0.900. The molecular formula is C20H35NO4. The summed E-state index contributed by atoms with van der Waals surface area (Å²) in [5, 5.41) is 19.1. The number of nitrogens with zero attached hydrogens (tertiary/aromatic N) is 1. The van der Waals surface area contributed by atoms with Gasteiger partial charge in [-0.1, -0.05) is 38.5 Å². The van der Waals surface area contributed by atoms with Crippen molar-refractivity contribution in [1.82, 2.24) is 4.90 Å². The highest BCUT2D eigenvalue weighted by Crippen LogP contribution is 2.29. The lowest BCUT2D eigenvalue weighted by Gasteiger charge is -2.30. The van der Waals surface area contributed by atoms with Crippen molar-refractivity contribution in [2.24, 2.45) is 5.92 Å². The van der Waals surface area contributed by atoms with Gasteiger partial charge in [-0.15, -0.1) is 0 Å². The van der Waals surface area contributed by atoms with E-state index in [0.29, 0.717) is 31.3 Å². The van der Waals surface area contributed by atoms with Crippen LogP contribution in [0.1, 0.15) is 89.9 Å². The zero-order valence-electron chi connectivity index (χ0n) is 15.5. The number of likely N-dealkylation sites (tertiary alicyclic amines) is 1. The lowest BCUT2D eigenvalue weighted by molar-refractivity contribution is -0.137. The third kappa shape index (κ3) is 6.96. The van der Waals surface area contributed by atoms with Crippen LogP contribution < -0.4 is 0 Å². The molecule has 0 bridgehead atoms. The maximum atomic E-state index is 12.2. The number of carboxylic acid groups (broad SMARTS) is 1. The number of aliphatic hydroxyl groups is 1. The van der Waals surface area contributed by atoms with Crippen LogP contribution in [0.5, 0.6) is 0 Å². The van der Waals surface area contributed by atoms with Gasteiger partial charge in [0.15, 0.2) is 0 Å². The zero-order chi connectivity index (χ0) is 18.1. The molecule has 1 amide bonds. The van der Waals surface area contributed by atoms with Gasteiger partial charge in [-0.3, -0.25) is 9.59 Å². The highest BCUT2D eigenvalue weighted by atomic mass is 16.4. The van der Waals surface area contributed by atoms with Crippen LogP contribution in [0.15, 0.2) is 0 Å². The number of rotatable bonds is 11. The summed E-state index contributed by atoms with van der Waals surface area (Å²) in [4.78, 5) is 24.7. The minimum atomic E-state index is -0.718. The topological polar surface area (TPSA) is 77.8 Å². The Kier molecular flexibility index (Phi) is 8.73. The quantitative estimate of drug-likeness (QED) is 0.555. The van der Waals surface area contributed by atoms with Gasteiger partial charge >= 0.3 is 5.97 Å². The molecule has 0 radical (unpaired) electrons. The largest absolute Gasteiger partial charge is 0.481 e. The van der Waals surface area contributed by atoms with E-state index in [-0.39, 0.29) is 18.4 Å². The van der Waals surface area contributed by atoms with Crippen molar-refractivity contribution in [2.45, 2.75) is 102 Å². The monoisotopic (exact) mass is 353 g/mol. The maximum Gasteiger partial charge on any atom is 0.303 e. The molecule has 0 unspecified atom stereocenters. The number of aliphatic hydroxyl groups excluding tert-OH is 1. The molecule has 1 aliphatic carbocycles. The smallest absolute Gasteiger partial charge is 0.303 e. The van der Waals surface area contributed by atoms with Gasteiger partial charge < -0.3 is 15.1 Å². The average Bonchev–Trinajstić information content (AvgIpc) is 2.96. The first-order valence-electron chi connectivity index (χ1n) is 10.3. The van der Waals surface area contributed by atoms with Gasteiger partial charge in [-0.2, -0.15) is 0 Å². The first kappa shape index (κ1) is 20.2. The van der Waals surface area contributed by atoms with E-state index < -0.39 is 5.97 Å². The number of unbranched alkanes of at least 4 members (excludes halogenated alkanes) is 3. The van der Waals surface area contributed by atoms with Gasteiger partial charge in [-0.05, 0) is 44.4 Å². The molecule has 2 atom stereocenters. The Labute approximate surface area is 151 Å². The Morgan fingerprint density at radius 2 is 1.80 bits per heavy atom. The van der Waals surface area contributed by atoms with E-state index in [1.165, 1.54) is 19.3 Å². The number of carboxylic acids is 1.